The van der Waals surface area contributed by atoms with Crippen LogP contribution < -0.4 is 0 Å². The second kappa shape index (κ2) is 7.81. The number of nitrogens with zero attached hydrogens (tertiary/aromatic N) is 1. The summed E-state index contributed by atoms with van der Waals surface area (Å²) in [5.74, 6) is 1.94. The molecule has 0 aromatic heterocycles. The molecule has 1 aliphatic heterocycles. The van der Waals surface area contributed by atoms with E-state index >= 15 is 0 Å². The number of ether oxygens (including phenoxy) is 1. The van der Waals surface area contributed by atoms with Crippen LogP contribution in [0.2, 0.25) is 0 Å². The molecule has 3 nitrogen and oxygen atoms in total. The van der Waals surface area contributed by atoms with Crippen LogP contribution in [-0.4, -0.2) is 44.2 Å². The summed E-state index contributed by atoms with van der Waals surface area (Å²) >= 11 is 0. The van der Waals surface area contributed by atoms with Gasteiger partial charge in [-0.1, -0.05) is 26.7 Å². The first-order valence-electron chi connectivity index (χ1n) is 9.36. The SMILES string of the molecule is CC(C)CC(C(=O)OCC1CCC[N+](C)(C)C1)C1CCCC1. The zero-order chi connectivity index (χ0) is 16.2. The molecular formula is C19H36NO2+. The number of rotatable bonds is 6. The van der Waals surface area contributed by atoms with Gasteiger partial charge in [0.25, 0.3) is 0 Å². The van der Waals surface area contributed by atoms with E-state index in [1.54, 1.807) is 0 Å². The second-order valence-electron chi connectivity index (χ2n) is 8.76. The molecule has 128 valence electrons. The van der Waals surface area contributed by atoms with Gasteiger partial charge in [-0.2, -0.15) is 0 Å². The normalized spacial score (nSPS) is 27.0. The third-order valence-corrected chi connectivity index (χ3v) is 5.59. The van der Waals surface area contributed by atoms with Gasteiger partial charge in [0.15, 0.2) is 0 Å². The molecule has 2 fully saturated rings. The Morgan fingerprint density at radius 2 is 1.82 bits per heavy atom. The van der Waals surface area contributed by atoms with Gasteiger partial charge in [-0.25, -0.2) is 0 Å². The van der Waals surface area contributed by atoms with Gasteiger partial charge in [-0.3, -0.25) is 4.79 Å². The quantitative estimate of drug-likeness (QED) is 0.550. The third-order valence-electron chi connectivity index (χ3n) is 5.59. The van der Waals surface area contributed by atoms with Crippen molar-refractivity contribution in [2.24, 2.45) is 23.7 Å². The summed E-state index contributed by atoms with van der Waals surface area (Å²) in [6.07, 6.45) is 8.50. The lowest BCUT2D eigenvalue weighted by Crippen LogP contribution is -2.48. The average molecular weight is 311 g/mol. The molecule has 2 atom stereocenters. The summed E-state index contributed by atoms with van der Waals surface area (Å²) in [6.45, 7) is 7.47. The molecule has 0 aromatic rings. The van der Waals surface area contributed by atoms with E-state index < -0.39 is 0 Å². The van der Waals surface area contributed by atoms with E-state index in [2.05, 4.69) is 27.9 Å². The van der Waals surface area contributed by atoms with Crippen molar-refractivity contribution in [3.8, 4) is 0 Å². The van der Waals surface area contributed by atoms with E-state index in [1.807, 2.05) is 0 Å². The molecule has 1 saturated heterocycles. The van der Waals surface area contributed by atoms with Crippen LogP contribution in [0.1, 0.15) is 58.8 Å². The van der Waals surface area contributed by atoms with Crippen molar-refractivity contribution in [2.75, 3.05) is 33.8 Å². The molecule has 22 heavy (non-hydrogen) atoms. The van der Waals surface area contributed by atoms with Gasteiger partial charge in [0, 0.05) is 5.92 Å². The average Bonchev–Trinajstić information content (AvgIpc) is 2.95. The number of carbonyl (C=O) groups is 1. The Morgan fingerprint density at radius 3 is 2.41 bits per heavy atom. The van der Waals surface area contributed by atoms with Crippen molar-refractivity contribution < 1.29 is 14.0 Å². The Kier molecular flexibility index (Phi) is 6.31. The minimum Gasteiger partial charge on any atom is -0.465 e. The van der Waals surface area contributed by atoms with Gasteiger partial charge in [0.1, 0.15) is 0 Å². The van der Waals surface area contributed by atoms with Gasteiger partial charge in [-0.15, -0.1) is 0 Å². The van der Waals surface area contributed by atoms with Crippen molar-refractivity contribution in [3.63, 3.8) is 0 Å². The molecule has 1 saturated carbocycles. The first-order chi connectivity index (χ1) is 10.4. The highest BCUT2D eigenvalue weighted by molar-refractivity contribution is 5.72. The predicted molar refractivity (Wildman–Crippen MR) is 90.4 cm³/mol. The summed E-state index contributed by atoms with van der Waals surface area (Å²) in [5.41, 5.74) is 0. The first kappa shape index (κ1) is 17.8. The van der Waals surface area contributed by atoms with Crippen LogP contribution in [0.5, 0.6) is 0 Å². The van der Waals surface area contributed by atoms with E-state index in [0.29, 0.717) is 24.4 Å². The van der Waals surface area contributed by atoms with E-state index in [0.717, 1.165) is 17.4 Å². The highest BCUT2D eigenvalue weighted by atomic mass is 16.5. The Bertz CT molecular complexity index is 358. The lowest BCUT2D eigenvalue weighted by Gasteiger charge is -2.38. The van der Waals surface area contributed by atoms with Crippen LogP contribution in [0.3, 0.4) is 0 Å². The van der Waals surface area contributed by atoms with Gasteiger partial charge in [-0.05, 0) is 43.9 Å². The summed E-state index contributed by atoms with van der Waals surface area (Å²) in [7, 11) is 4.57. The van der Waals surface area contributed by atoms with Crippen molar-refractivity contribution in [1.29, 1.82) is 0 Å². The van der Waals surface area contributed by atoms with E-state index in [4.69, 9.17) is 4.74 Å². The summed E-state index contributed by atoms with van der Waals surface area (Å²) in [6, 6.07) is 0. The maximum Gasteiger partial charge on any atom is 0.309 e. The number of piperidine rings is 1. The minimum atomic E-state index is 0.0940. The largest absolute Gasteiger partial charge is 0.465 e. The number of esters is 1. The second-order valence-corrected chi connectivity index (χ2v) is 8.76. The van der Waals surface area contributed by atoms with Crippen LogP contribution in [0, 0.1) is 23.7 Å². The predicted octanol–water partition coefficient (Wildman–Crippen LogP) is 3.87. The van der Waals surface area contributed by atoms with Crippen LogP contribution in [0.25, 0.3) is 0 Å². The van der Waals surface area contributed by atoms with Gasteiger partial charge in [0.05, 0.1) is 39.7 Å². The van der Waals surface area contributed by atoms with Crippen molar-refractivity contribution in [1.82, 2.24) is 0 Å². The highest BCUT2D eigenvalue weighted by Crippen LogP contribution is 2.35. The molecule has 1 heterocycles. The number of quaternary nitrogens is 1. The fourth-order valence-electron chi connectivity index (χ4n) is 4.48. The fraction of sp³-hybridized carbons (Fsp3) is 0.947. The lowest BCUT2D eigenvalue weighted by molar-refractivity contribution is -0.898. The Balaban J connectivity index is 1.84. The van der Waals surface area contributed by atoms with Crippen LogP contribution in [0.4, 0.5) is 0 Å². The maximum absolute atomic E-state index is 12.6. The fourth-order valence-corrected chi connectivity index (χ4v) is 4.48. The molecule has 0 spiro atoms. The van der Waals surface area contributed by atoms with Crippen LogP contribution >= 0.6 is 0 Å². The molecule has 0 radical (unpaired) electrons. The zero-order valence-electron chi connectivity index (χ0n) is 15.1. The number of likely N-dealkylation sites (tertiary alicyclic amines) is 1. The molecule has 2 unspecified atom stereocenters. The molecule has 2 aliphatic rings. The Morgan fingerprint density at radius 1 is 1.14 bits per heavy atom. The minimum absolute atomic E-state index is 0.0940. The molecule has 0 bridgehead atoms. The number of hydrogen-bond acceptors (Lipinski definition) is 2. The molecule has 0 aromatic carbocycles. The monoisotopic (exact) mass is 310 g/mol. The smallest absolute Gasteiger partial charge is 0.309 e. The summed E-state index contributed by atoms with van der Waals surface area (Å²) < 4.78 is 6.87. The topological polar surface area (TPSA) is 26.3 Å². The number of carbonyl (C=O) groups excluding carboxylic acids is 1. The molecule has 1 aliphatic carbocycles. The lowest BCUT2D eigenvalue weighted by atomic mass is 9.84. The van der Waals surface area contributed by atoms with Crippen molar-refractivity contribution >= 4 is 5.97 Å². The van der Waals surface area contributed by atoms with Crippen LogP contribution in [-0.2, 0) is 9.53 Å². The molecule has 2 rings (SSSR count). The molecule has 0 N–H and O–H groups in total. The Hall–Kier alpha value is -0.570. The first-order valence-corrected chi connectivity index (χ1v) is 9.36. The van der Waals surface area contributed by atoms with E-state index in [-0.39, 0.29) is 11.9 Å². The van der Waals surface area contributed by atoms with E-state index in [1.165, 1.54) is 45.1 Å². The molecular weight excluding hydrogens is 274 g/mol. The van der Waals surface area contributed by atoms with Gasteiger partial charge < -0.3 is 9.22 Å². The van der Waals surface area contributed by atoms with Gasteiger partial charge >= 0.3 is 5.97 Å². The standard InChI is InChI=1S/C19H36NO2/c1-15(2)12-18(17-9-5-6-10-17)19(21)22-14-16-8-7-11-20(3,4)13-16/h15-18H,5-14H2,1-4H3/q+1. The summed E-state index contributed by atoms with van der Waals surface area (Å²) in [4.78, 5) is 12.6. The van der Waals surface area contributed by atoms with Crippen molar-refractivity contribution in [3.05, 3.63) is 0 Å². The highest BCUT2D eigenvalue weighted by Gasteiger charge is 2.34. The zero-order valence-corrected chi connectivity index (χ0v) is 15.1. The third kappa shape index (κ3) is 5.26. The van der Waals surface area contributed by atoms with Crippen molar-refractivity contribution in [2.45, 2.75) is 58.8 Å². The maximum atomic E-state index is 12.6. The number of hydrogen-bond donors (Lipinski definition) is 0. The van der Waals surface area contributed by atoms with Crippen LogP contribution in [0.15, 0.2) is 0 Å². The summed E-state index contributed by atoms with van der Waals surface area (Å²) in [5, 5.41) is 0. The molecule has 0 amide bonds. The Labute approximate surface area is 137 Å². The van der Waals surface area contributed by atoms with Gasteiger partial charge in [0.2, 0.25) is 0 Å². The molecule has 3 heteroatoms. The van der Waals surface area contributed by atoms with E-state index in [9.17, 15) is 4.79 Å².